The maximum atomic E-state index is 12.8. The number of fused-ring (bicyclic) bond motifs is 1. The highest BCUT2D eigenvalue weighted by Gasteiger charge is 2.56. The Morgan fingerprint density at radius 2 is 1.55 bits per heavy atom. The molecule has 0 saturated carbocycles. The Bertz CT molecular complexity index is 1900. The van der Waals surface area contributed by atoms with E-state index < -0.39 is 41.6 Å². The number of aliphatic hydroxyl groups is 3. The van der Waals surface area contributed by atoms with Crippen molar-refractivity contribution in [3.05, 3.63) is 112 Å². The number of benzene rings is 3. The minimum atomic E-state index is -1.59. The Kier molecular flexibility index (Phi) is 8.80. The first-order valence-corrected chi connectivity index (χ1v) is 14.9. The summed E-state index contributed by atoms with van der Waals surface area (Å²) in [6, 6.07) is 23.9. The monoisotopic (exact) mass is 640 g/mol. The molecule has 6 rings (SSSR count). The Hall–Kier alpha value is -5.08. The third kappa shape index (κ3) is 5.42. The number of nitrogens with zero attached hydrogens (tertiary/aromatic N) is 5. The van der Waals surface area contributed by atoms with Gasteiger partial charge in [0.25, 0.3) is 5.56 Å². The maximum Gasteiger partial charge on any atom is 0.280 e. The number of nitrogens with one attached hydrogen (secondary N) is 1. The highest BCUT2D eigenvalue weighted by Crippen LogP contribution is 2.51. The predicted octanol–water partition coefficient (Wildman–Crippen LogP) is 2.37. The standard InChI is InChI=1S/C34H36N6O7/c1-39(2)18-36-33-37-30-25(31(44)38-33)35-19-40(30)32-27(42)26(41)28(47-32)29(43)34(20-12-6-5-7-13-20,21-14-8-10-16-23(21)45-3)22-15-9-11-17-24(22)46-4/h5-19,26-29,32,41-43H,1-4H3,(H,37,38,44)/b36-18+/t26-,27+,28-,29?,32+/m0/s1. The average Bonchev–Trinajstić information content (AvgIpc) is 3.65. The summed E-state index contributed by atoms with van der Waals surface area (Å²) in [6.45, 7) is 0. The van der Waals surface area contributed by atoms with Gasteiger partial charge in [0.05, 0.1) is 32.3 Å². The van der Waals surface area contributed by atoms with Crippen LogP contribution >= 0.6 is 0 Å². The molecule has 13 nitrogen and oxygen atoms in total. The van der Waals surface area contributed by atoms with Crippen LogP contribution in [0.1, 0.15) is 22.9 Å². The summed E-state index contributed by atoms with van der Waals surface area (Å²) in [5.74, 6) is 0.958. The molecule has 3 heterocycles. The van der Waals surface area contributed by atoms with Crippen LogP contribution in [0.2, 0.25) is 0 Å². The summed E-state index contributed by atoms with van der Waals surface area (Å²) >= 11 is 0. The molecule has 244 valence electrons. The third-order valence-corrected chi connectivity index (χ3v) is 8.43. The fourth-order valence-electron chi connectivity index (χ4n) is 6.34. The quantitative estimate of drug-likeness (QED) is 0.101. The van der Waals surface area contributed by atoms with Gasteiger partial charge in [0.2, 0.25) is 5.95 Å². The number of H-pyrrole nitrogens is 1. The van der Waals surface area contributed by atoms with E-state index in [1.54, 1.807) is 45.3 Å². The van der Waals surface area contributed by atoms with E-state index in [1.807, 2.05) is 66.7 Å². The Morgan fingerprint density at radius 1 is 0.957 bits per heavy atom. The lowest BCUT2D eigenvalue weighted by atomic mass is 9.63. The van der Waals surface area contributed by atoms with Crippen molar-refractivity contribution in [1.82, 2.24) is 24.4 Å². The summed E-state index contributed by atoms with van der Waals surface area (Å²) in [6.07, 6.45) is -4.57. The molecule has 13 heteroatoms. The smallest absolute Gasteiger partial charge is 0.280 e. The Morgan fingerprint density at radius 3 is 2.15 bits per heavy atom. The first-order chi connectivity index (χ1) is 22.7. The van der Waals surface area contributed by atoms with Crippen molar-refractivity contribution in [2.45, 2.75) is 36.1 Å². The van der Waals surface area contributed by atoms with E-state index in [2.05, 4.69) is 19.9 Å². The average molecular weight is 641 g/mol. The van der Waals surface area contributed by atoms with E-state index in [1.165, 1.54) is 17.2 Å². The molecule has 2 aromatic heterocycles. The normalized spacial score (nSPS) is 20.5. The fourth-order valence-corrected chi connectivity index (χ4v) is 6.34. The summed E-state index contributed by atoms with van der Waals surface area (Å²) in [5.41, 5.74) is -0.131. The molecular weight excluding hydrogens is 604 g/mol. The third-order valence-electron chi connectivity index (χ3n) is 8.43. The van der Waals surface area contributed by atoms with Crippen LogP contribution in [0.25, 0.3) is 11.2 Å². The molecular formula is C34H36N6O7. The Labute approximate surface area is 270 Å². The van der Waals surface area contributed by atoms with Gasteiger partial charge in [-0.15, -0.1) is 0 Å². The molecule has 0 spiro atoms. The molecule has 5 aromatic rings. The first-order valence-electron chi connectivity index (χ1n) is 14.9. The maximum absolute atomic E-state index is 12.8. The largest absolute Gasteiger partial charge is 0.496 e. The summed E-state index contributed by atoms with van der Waals surface area (Å²) in [5, 5.41) is 35.9. The second-order valence-corrected chi connectivity index (χ2v) is 11.4. The van der Waals surface area contributed by atoms with E-state index in [4.69, 9.17) is 14.2 Å². The van der Waals surface area contributed by atoms with Gasteiger partial charge in [-0.05, 0) is 17.7 Å². The van der Waals surface area contributed by atoms with Crippen molar-refractivity contribution in [1.29, 1.82) is 0 Å². The SMILES string of the molecule is COc1ccccc1C(c1ccccc1)(c1ccccc1OC)C(O)[C@H]1O[C@@H](n2cnc3c(=O)[nH]c(/N=C/N(C)C)nc32)[C@H](O)[C@@H]1O. The number of rotatable bonds is 10. The van der Waals surface area contributed by atoms with Gasteiger partial charge in [-0.3, -0.25) is 14.3 Å². The minimum absolute atomic E-state index is 0.00947. The molecule has 5 atom stereocenters. The number of para-hydroxylation sites is 2. The van der Waals surface area contributed by atoms with Crippen LogP contribution in [0.5, 0.6) is 11.5 Å². The zero-order valence-corrected chi connectivity index (χ0v) is 26.3. The number of aliphatic imine (C=N–C) groups is 1. The van der Waals surface area contributed by atoms with E-state index in [0.717, 1.165) is 0 Å². The van der Waals surface area contributed by atoms with Crippen LogP contribution in [0.4, 0.5) is 5.95 Å². The van der Waals surface area contributed by atoms with Crippen molar-refractivity contribution in [3.8, 4) is 11.5 Å². The van der Waals surface area contributed by atoms with Gasteiger partial charge in [-0.25, -0.2) is 9.98 Å². The second kappa shape index (κ2) is 13.0. The molecule has 4 N–H and O–H groups in total. The fraction of sp³-hybridized carbons (Fsp3) is 0.294. The molecule has 1 saturated heterocycles. The number of aliphatic hydroxyl groups excluding tert-OH is 3. The molecule has 0 aliphatic carbocycles. The molecule has 1 fully saturated rings. The first kappa shape index (κ1) is 31.9. The van der Waals surface area contributed by atoms with Gasteiger partial charge >= 0.3 is 0 Å². The lowest BCUT2D eigenvalue weighted by Gasteiger charge is -2.43. The number of imidazole rings is 1. The number of hydrogen-bond donors (Lipinski definition) is 4. The molecule has 0 amide bonds. The number of aromatic nitrogens is 4. The molecule has 1 unspecified atom stereocenters. The summed E-state index contributed by atoms with van der Waals surface area (Å²) in [7, 11) is 6.62. The zero-order valence-electron chi connectivity index (χ0n) is 26.3. The van der Waals surface area contributed by atoms with Crippen molar-refractivity contribution in [3.63, 3.8) is 0 Å². The van der Waals surface area contributed by atoms with Crippen LogP contribution in [-0.4, -0.2) is 98.8 Å². The van der Waals surface area contributed by atoms with Crippen molar-refractivity contribution >= 4 is 23.5 Å². The van der Waals surface area contributed by atoms with Gasteiger partial charge < -0.3 is 34.4 Å². The Balaban J connectivity index is 1.53. The van der Waals surface area contributed by atoms with E-state index in [0.29, 0.717) is 28.2 Å². The van der Waals surface area contributed by atoms with Crippen LogP contribution in [0, 0.1) is 0 Å². The highest BCUT2D eigenvalue weighted by molar-refractivity contribution is 5.71. The lowest BCUT2D eigenvalue weighted by Crippen LogP contribution is -2.52. The van der Waals surface area contributed by atoms with Gasteiger partial charge in [0.1, 0.15) is 35.9 Å². The van der Waals surface area contributed by atoms with Gasteiger partial charge in [-0.2, -0.15) is 4.98 Å². The minimum Gasteiger partial charge on any atom is -0.496 e. The number of hydrogen-bond acceptors (Lipinski definition) is 10. The molecule has 47 heavy (non-hydrogen) atoms. The molecule has 3 aromatic carbocycles. The lowest BCUT2D eigenvalue weighted by molar-refractivity contribution is -0.0976. The van der Waals surface area contributed by atoms with Crippen LogP contribution in [0.15, 0.2) is 95.0 Å². The van der Waals surface area contributed by atoms with Crippen molar-refractivity contribution in [2.75, 3.05) is 28.3 Å². The number of aromatic amines is 1. The van der Waals surface area contributed by atoms with Crippen LogP contribution in [0.3, 0.4) is 0 Å². The van der Waals surface area contributed by atoms with E-state index >= 15 is 0 Å². The predicted molar refractivity (Wildman–Crippen MR) is 174 cm³/mol. The highest BCUT2D eigenvalue weighted by atomic mass is 16.6. The zero-order chi connectivity index (χ0) is 33.3. The van der Waals surface area contributed by atoms with E-state index in [-0.39, 0.29) is 17.1 Å². The van der Waals surface area contributed by atoms with E-state index in [9.17, 15) is 20.1 Å². The molecule has 1 aliphatic rings. The van der Waals surface area contributed by atoms with Crippen LogP contribution in [-0.2, 0) is 10.2 Å². The van der Waals surface area contributed by atoms with Gasteiger partial charge in [-0.1, -0.05) is 66.7 Å². The molecule has 1 aliphatic heterocycles. The molecule has 0 radical (unpaired) electrons. The number of methoxy groups -OCH3 is 2. The van der Waals surface area contributed by atoms with Crippen molar-refractivity contribution in [2.24, 2.45) is 4.99 Å². The topological polar surface area (TPSA) is 168 Å². The number of ether oxygens (including phenoxy) is 3. The summed E-state index contributed by atoms with van der Waals surface area (Å²) < 4.78 is 19.4. The van der Waals surface area contributed by atoms with Gasteiger partial charge in [0.15, 0.2) is 17.4 Å². The van der Waals surface area contributed by atoms with Crippen molar-refractivity contribution < 1.29 is 29.5 Å². The van der Waals surface area contributed by atoms with Gasteiger partial charge in [0, 0.05) is 25.2 Å². The molecule has 0 bridgehead atoms. The second-order valence-electron chi connectivity index (χ2n) is 11.4. The summed E-state index contributed by atoms with van der Waals surface area (Å²) in [4.78, 5) is 29.9. The van der Waals surface area contributed by atoms with Crippen LogP contribution < -0.4 is 15.0 Å².